The van der Waals surface area contributed by atoms with Crippen molar-refractivity contribution < 1.29 is 4.79 Å². The van der Waals surface area contributed by atoms with Crippen molar-refractivity contribution in [2.24, 2.45) is 0 Å². The molecule has 0 aliphatic heterocycles. The third-order valence-electron chi connectivity index (χ3n) is 2.60. The number of hydrogen-bond donors (Lipinski definition) is 2. The SMILES string of the molecule is Cc1ccc(CNC(=O)S)c(C)c1C. The highest BCUT2D eigenvalue weighted by Crippen LogP contribution is 2.16. The van der Waals surface area contributed by atoms with Gasteiger partial charge in [0.15, 0.2) is 0 Å². The average molecular weight is 209 g/mol. The number of carbonyl (C=O) groups is 1. The molecule has 0 saturated heterocycles. The van der Waals surface area contributed by atoms with Gasteiger partial charge in [0.2, 0.25) is 0 Å². The van der Waals surface area contributed by atoms with Gasteiger partial charge in [0.25, 0.3) is 5.24 Å². The minimum absolute atomic E-state index is 0.289. The van der Waals surface area contributed by atoms with Crippen LogP contribution in [0.15, 0.2) is 12.1 Å². The first-order valence-electron chi connectivity index (χ1n) is 4.55. The first-order valence-corrected chi connectivity index (χ1v) is 4.99. The highest BCUT2D eigenvalue weighted by molar-refractivity contribution is 7.96. The first kappa shape index (κ1) is 11.1. The molecule has 0 unspecified atom stereocenters. The van der Waals surface area contributed by atoms with Gasteiger partial charge in [-0.1, -0.05) is 24.8 Å². The van der Waals surface area contributed by atoms with E-state index in [0.29, 0.717) is 6.54 Å². The van der Waals surface area contributed by atoms with Crippen molar-refractivity contribution in [1.29, 1.82) is 0 Å². The fourth-order valence-electron chi connectivity index (χ4n) is 1.37. The van der Waals surface area contributed by atoms with Gasteiger partial charge in [0, 0.05) is 6.54 Å². The predicted molar refractivity (Wildman–Crippen MR) is 61.9 cm³/mol. The van der Waals surface area contributed by atoms with E-state index in [0.717, 1.165) is 5.56 Å². The van der Waals surface area contributed by atoms with Gasteiger partial charge in [-0.25, -0.2) is 0 Å². The smallest absolute Gasteiger partial charge is 0.276 e. The van der Waals surface area contributed by atoms with Gasteiger partial charge in [0.1, 0.15) is 0 Å². The molecule has 0 heterocycles. The molecule has 0 bridgehead atoms. The molecule has 0 aliphatic carbocycles. The first-order chi connectivity index (χ1) is 6.52. The summed E-state index contributed by atoms with van der Waals surface area (Å²) < 4.78 is 0. The lowest BCUT2D eigenvalue weighted by atomic mass is 9.99. The highest BCUT2D eigenvalue weighted by Gasteiger charge is 2.03. The molecular formula is C11H15NOS. The van der Waals surface area contributed by atoms with Gasteiger partial charge in [-0.05, 0) is 43.0 Å². The van der Waals surface area contributed by atoms with E-state index >= 15 is 0 Å². The van der Waals surface area contributed by atoms with Gasteiger partial charge < -0.3 is 5.32 Å². The summed E-state index contributed by atoms with van der Waals surface area (Å²) in [5.41, 5.74) is 4.96. The van der Waals surface area contributed by atoms with Crippen LogP contribution in [0.3, 0.4) is 0 Å². The fraction of sp³-hybridized carbons (Fsp3) is 0.364. The average Bonchev–Trinajstić information content (AvgIpc) is 2.13. The molecule has 1 amide bonds. The van der Waals surface area contributed by atoms with E-state index < -0.39 is 0 Å². The fourth-order valence-corrected chi connectivity index (χ4v) is 1.45. The summed E-state index contributed by atoms with van der Waals surface area (Å²) in [6, 6.07) is 4.11. The van der Waals surface area contributed by atoms with Crippen molar-refractivity contribution in [1.82, 2.24) is 5.32 Å². The van der Waals surface area contributed by atoms with E-state index in [4.69, 9.17) is 0 Å². The summed E-state index contributed by atoms with van der Waals surface area (Å²) in [5, 5.41) is 2.39. The quantitative estimate of drug-likeness (QED) is 0.720. The Bertz CT molecular complexity index is 361. The summed E-state index contributed by atoms with van der Waals surface area (Å²) in [6.07, 6.45) is 0. The third-order valence-corrected chi connectivity index (χ3v) is 2.76. The minimum Gasteiger partial charge on any atom is -0.343 e. The zero-order chi connectivity index (χ0) is 10.7. The molecule has 0 fully saturated rings. The number of benzene rings is 1. The Balaban J connectivity index is 2.88. The number of hydrogen-bond acceptors (Lipinski definition) is 1. The van der Waals surface area contributed by atoms with Gasteiger partial charge >= 0.3 is 0 Å². The predicted octanol–water partition coefficient (Wildman–Crippen LogP) is 2.75. The van der Waals surface area contributed by atoms with E-state index in [9.17, 15) is 4.79 Å². The second-order valence-electron chi connectivity index (χ2n) is 3.45. The molecule has 0 atom stereocenters. The van der Waals surface area contributed by atoms with Gasteiger partial charge in [-0.2, -0.15) is 0 Å². The number of amides is 1. The van der Waals surface area contributed by atoms with E-state index in [-0.39, 0.29) is 5.24 Å². The van der Waals surface area contributed by atoms with E-state index in [2.05, 4.69) is 44.8 Å². The van der Waals surface area contributed by atoms with Crippen LogP contribution >= 0.6 is 12.6 Å². The Kier molecular flexibility index (Phi) is 3.58. The molecule has 14 heavy (non-hydrogen) atoms. The van der Waals surface area contributed by atoms with Crippen LogP contribution in [0.1, 0.15) is 22.3 Å². The summed E-state index contributed by atoms with van der Waals surface area (Å²) in [4.78, 5) is 10.6. The van der Waals surface area contributed by atoms with Crippen molar-refractivity contribution in [2.75, 3.05) is 0 Å². The molecular weight excluding hydrogens is 194 g/mol. The van der Waals surface area contributed by atoms with Crippen molar-refractivity contribution >= 4 is 17.9 Å². The maximum absolute atomic E-state index is 10.6. The van der Waals surface area contributed by atoms with Gasteiger partial charge in [-0.15, -0.1) is 0 Å². The maximum atomic E-state index is 10.6. The van der Waals surface area contributed by atoms with Crippen LogP contribution < -0.4 is 5.32 Å². The Morgan fingerprint density at radius 2 is 1.93 bits per heavy atom. The Hall–Kier alpha value is -0.960. The normalized spacial score (nSPS) is 10.0. The van der Waals surface area contributed by atoms with Crippen molar-refractivity contribution in [2.45, 2.75) is 27.3 Å². The zero-order valence-corrected chi connectivity index (χ0v) is 9.61. The largest absolute Gasteiger partial charge is 0.343 e. The number of aryl methyl sites for hydroxylation is 1. The summed E-state index contributed by atoms with van der Waals surface area (Å²) in [7, 11) is 0. The molecule has 1 aromatic carbocycles. The molecule has 0 spiro atoms. The molecule has 76 valence electrons. The Morgan fingerprint density at radius 1 is 1.29 bits per heavy atom. The van der Waals surface area contributed by atoms with Crippen LogP contribution in [0.5, 0.6) is 0 Å². The van der Waals surface area contributed by atoms with Crippen LogP contribution in [0.25, 0.3) is 0 Å². The molecule has 2 nitrogen and oxygen atoms in total. The minimum atomic E-state index is -0.289. The monoisotopic (exact) mass is 209 g/mol. The van der Waals surface area contributed by atoms with Gasteiger partial charge in [0.05, 0.1) is 0 Å². The third kappa shape index (κ3) is 2.51. The summed E-state index contributed by atoms with van der Waals surface area (Å²) in [6.45, 7) is 6.80. The van der Waals surface area contributed by atoms with Gasteiger partial charge in [-0.3, -0.25) is 4.79 Å². The second-order valence-corrected chi connectivity index (χ2v) is 3.86. The van der Waals surface area contributed by atoms with E-state index in [1.807, 2.05) is 6.07 Å². The van der Waals surface area contributed by atoms with Crippen molar-refractivity contribution in [3.05, 3.63) is 34.4 Å². The summed E-state index contributed by atoms with van der Waals surface area (Å²) >= 11 is 3.66. The molecule has 0 aromatic heterocycles. The van der Waals surface area contributed by atoms with Crippen LogP contribution in [0, 0.1) is 20.8 Å². The number of thiol groups is 1. The van der Waals surface area contributed by atoms with Crippen molar-refractivity contribution in [3.63, 3.8) is 0 Å². The molecule has 0 aliphatic rings. The number of nitrogens with one attached hydrogen (secondary N) is 1. The molecule has 1 rings (SSSR count). The lowest BCUT2D eigenvalue weighted by Gasteiger charge is -2.11. The van der Waals surface area contributed by atoms with E-state index in [1.165, 1.54) is 16.7 Å². The lowest BCUT2D eigenvalue weighted by molar-refractivity contribution is 0.260. The van der Waals surface area contributed by atoms with Crippen molar-refractivity contribution in [3.8, 4) is 0 Å². The standard InChI is InChI=1S/C11H15NOS/c1-7-4-5-10(6-12-11(13)14)9(3)8(7)2/h4-5H,6H2,1-3H3,(H2,12,13,14). The molecule has 0 saturated carbocycles. The lowest BCUT2D eigenvalue weighted by Crippen LogP contribution is -2.16. The van der Waals surface area contributed by atoms with Crippen LogP contribution in [-0.4, -0.2) is 5.24 Å². The number of carbonyl (C=O) groups excluding carboxylic acids is 1. The Labute approximate surface area is 90.1 Å². The van der Waals surface area contributed by atoms with E-state index in [1.54, 1.807) is 0 Å². The number of rotatable bonds is 2. The van der Waals surface area contributed by atoms with Crippen LogP contribution in [-0.2, 0) is 6.54 Å². The maximum Gasteiger partial charge on any atom is 0.276 e. The zero-order valence-electron chi connectivity index (χ0n) is 8.72. The summed E-state index contributed by atoms with van der Waals surface area (Å²) in [5.74, 6) is 0. The van der Waals surface area contributed by atoms with Crippen LogP contribution in [0.2, 0.25) is 0 Å². The Morgan fingerprint density at radius 3 is 2.50 bits per heavy atom. The topological polar surface area (TPSA) is 29.1 Å². The molecule has 0 radical (unpaired) electrons. The van der Waals surface area contributed by atoms with Crippen LogP contribution in [0.4, 0.5) is 4.79 Å². The second kappa shape index (κ2) is 4.51. The molecule has 3 heteroatoms. The molecule has 1 aromatic rings. The molecule has 1 N–H and O–H groups in total. The highest BCUT2D eigenvalue weighted by atomic mass is 32.1.